The molecule has 2 atom stereocenters. The van der Waals surface area contributed by atoms with Crippen LogP contribution in [0, 0.1) is 29.4 Å². The van der Waals surface area contributed by atoms with Crippen molar-refractivity contribution in [2.45, 2.75) is 90.1 Å². The van der Waals surface area contributed by atoms with Gasteiger partial charge >= 0.3 is 6.01 Å². The molecule has 2 aromatic heterocycles. The molecule has 3 aliphatic heterocycles. The fraction of sp³-hybridized carbons (Fsp3) is 0.564. The van der Waals surface area contributed by atoms with E-state index in [1.165, 1.54) is 44.8 Å². The zero-order chi connectivity index (χ0) is 32.6. The topological polar surface area (TPSA) is 66.4 Å². The number of anilines is 1. The quantitative estimate of drug-likeness (QED) is 0.224. The summed E-state index contributed by atoms with van der Waals surface area (Å²) in [4.78, 5) is 20.0. The molecule has 4 aromatic rings. The number of likely N-dealkylation sites (tertiary alicyclic amines) is 1. The Morgan fingerprint density at radius 2 is 1.81 bits per heavy atom. The van der Waals surface area contributed by atoms with Gasteiger partial charge in [-0.05, 0) is 112 Å². The number of hydrogen-bond donors (Lipinski definition) is 1. The summed E-state index contributed by atoms with van der Waals surface area (Å²) in [5, 5.41) is 5.94. The number of piperazine rings is 1. The van der Waals surface area contributed by atoms with Gasteiger partial charge < -0.3 is 19.9 Å². The lowest BCUT2D eigenvalue weighted by atomic mass is 9.93. The molecule has 9 rings (SSSR count). The van der Waals surface area contributed by atoms with E-state index in [-0.39, 0.29) is 34.5 Å². The van der Waals surface area contributed by atoms with E-state index in [0.717, 1.165) is 68.6 Å². The predicted molar refractivity (Wildman–Crippen MR) is 186 cm³/mol. The van der Waals surface area contributed by atoms with Gasteiger partial charge in [0.2, 0.25) is 0 Å². The minimum Gasteiger partial charge on any atom is -0.463 e. The average Bonchev–Trinajstić information content (AvgIpc) is 4.04. The number of hydrogen-bond acceptors (Lipinski definition) is 7. The molecule has 2 aromatic carbocycles. The van der Waals surface area contributed by atoms with Crippen LogP contribution in [0.2, 0.25) is 0 Å². The van der Waals surface area contributed by atoms with Crippen LogP contribution in [-0.4, -0.2) is 71.3 Å². The summed E-state index contributed by atoms with van der Waals surface area (Å²) in [5.74, 6) is -0.0728. The highest BCUT2D eigenvalue weighted by atomic mass is 19.1. The maximum atomic E-state index is 17.1. The molecule has 7 nitrogen and oxygen atoms in total. The summed E-state index contributed by atoms with van der Waals surface area (Å²) in [7, 11) is 0. The van der Waals surface area contributed by atoms with E-state index in [4.69, 9.17) is 19.7 Å². The van der Waals surface area contributed by atoms with E-state index in [0.29, 0.717) is 46.4 Å². The third-order valence-corrected chi connectivity index (χ3v) is 12.4. The van der Waals surface area contributed by atoms with E-state index in [2.05, 4.69) is 22.0 Å². The van der Waals surface area contributed by atoms with Crippen LogP contribution >= 0.6 is 0 Å². The fourth-order valence-corrected chi connectivity index (χ4v) is 8.81. The Morgan fingerprint density at radius 1 is 0.979 bits per heavy atom. The highest BCUT2D eigenvalue weighted by Crippen LogP contribution is 2.55. The van der Waals surface area contributed by atoms with Crippen molar-refractivity contribution >= 4 is 27.5 Å². The number of nitrogens with zero attached hydrogens (tertiary/aromatic N) is 5. The molecular weight excluding hydrogens is 606 g/mol. The van der Waals surface area contributed by atoms with Gasteiger partial charge in [0.1, 0.15) is 22.8 Å². The van der Waals surface area contributed by atoms with Crippen molar-refractivity contribution in [2.75, 3.05) is 44.2 Å². The molecule has 1 N–H and O–H groups in total. The normalized spacial score (nSPS) is 24.4. The number of piperidine rings is 1. The number of halogens is 2. The molecule has 2 saturated heterocycles. The van der Waals surface area contributed by atoms with Gasteiger partial charge in [-0.1, -0.05) is 31.2 Å². The van der Waals surface area contributed by atoms with Gasteiger partial charge in [-0.25, -0.2) is 13.8 Å². The summed E-state index contributed by atoms with van der Waals surface area (Å²) in [5.41, 5.74) is 3.12. The molecule has 2 aliphatic carbocycles. The van der Waals surface area contributed by atoms with Crippen LogP contribution in [0.25, 0.3) is 32.9 Å². The summed E-state index contributed by atoms with van der Waals surface area (Å²) in [6, 6.07) is 9.71. The Balaban J connectivity index is 1.13. The molecule has 0 amide bonds. The minimum atomic E-state index is -0.499. The van der Waals surface area contributed by atoms with Gasteiger partial charge in [0, 0.05) is 42.7 Å². The van der Waals surface area contributed by atoms with Gasteiger partial charge in [-0.2, -0.15) is 9.97 Å². The van der Waals surface area contributed by atoms with Gasteiger partial charge in [-0.3, -0.25) is 0 Å². The first-order valence-electron chi connectivity index (χ1n) is 18.3. The molecule has 48 heavy (non-hydrogen) atoms. The second-order valence-electron chi connectivity index (χ2n) is 15.6. The Bertz CT molecular complexity index is 1900. The van der Waals surface area contributed by atoms with Gasteiger partial charge in [0.15, 0.2) is 5.82 Å². The summed E-state index contributed by atoms with van der Waals surface area (Å²) < 4.78 is 38.5. The monoisotopic (exact) mass is 652 g/mol. The highest BCUT2D eigenvalue weighted by Gasteiger charge is 2.49. The summed E-state index contributed by atoms with van der Waals surface area (Å²) in [6.45, 7) is 9.56. The smallest absolute Gasteiger partial charge is 0.319 e. The number of benzene rings is 2. The van der Waals surface area contributed by atoms with E-state index < -0.39 is 5.82 Å². The SMILES string of the molecule is CC[C@@H]1CN2c3nc(OCC4(CN5CCC6(CC5)CC6)CC4)nc4c(F)c(-c5cccc6ccc(F)c(C)c56)nc(c34)CCC[C@@H]2CN1. The van der Waals surface area contributed by atoms with Crippen molar-refractivity contribution < 1.29 is 13.5 Å². The Labute approximate surface area is 281 Å². The van der Waals surface area contributed by atoms with Crippen LogP contribution in [0.4, 0.5) is 14.6 Å². The molecule has 1 spiro atoms. The maximum absolute atomic E-state index is 17.1. The first-order valence-corrected chi connectivity index (χ1v) is 18.3. The molecule has 252 valence electrons. The van der Waals surface area contributed by atoms with E-state index in [9.17, 15) is 4.39 Å². The van der Waals surface area contributed by atoms with Crippen LogP contribution in [0.3, 0.4) is 0 Å². The molecule has 5 heterocycles. The molecule has 4 fully saturated rings. The van der Waals surface area contributed by atoms with Crippen molar-refractivity contribution in [1.29, 1.82) is 0 Å². The highest BCUT2D eigenvalue weighted by molar-refractivity contribution is 6.01. The van der Waals surface area contributed by atoms with E-state index >= 15 is 4.39 Å². The van der Waals surface area contributed by atoms with E-state index in [1.807, 2.05) is 18.2 Å². The standard InChI is InChI=1S/C39H46F2N6O/c1-3-26-21-47-27(20-42-26)7-5-9-30-32-35(33(41)34(43-30)28-8-4-6-25-10-11-29(40)24(2)31(25)28)44-37(45-36(32)47)48-23-39(14-15-39)22-46-18-16-38(12-13-38)17-19-46/h4,6,8,10-11,26-27,42H,3,5,7,9,12-23H2,1-2H3/t26-,27-/m1/s1. The molecule has 0 radical (unpaired) electrons. The molecule has 0 bridgehead atoms. The minimum absolute atomic E-state index is 0.112. The van der Waals surface area contributed by atoms with Crippen molar-refractivity contribution in [3.05, 3.63) is 53.2 Å². The third-order valence-electron chi connectivity index (χ3n) is 12.4. The number of aryl methyl sites for hydroxylation is 2. The lowest BCUT2D eigenvalue weighted by molar-refractivity contribution is 0.115. The van der Waals surface area contributed by atoms with Gasteiger partial charge in [0.05, 0.1) is 17.7 Å². The zero-order valence-electron chi connectivity index (χ0n) is 28.3. The van der Waals surface area contributed by atoms with Crippen LogP contribution in [-0.2, 0) is 6.42 Å². The first kappa shape index (κ1) is 30.6. The molecular formula is C39H46F2N6O. The molecule has 0 unspecified atom stereocenters. The number of nitrogens with one attached hydrogen (secondary N) is 1. The number of pyridine rings is 1. The summed E-state index contributed by atoms with van der Waals surface area (Å²) in [6.07, 6.45) is 11.3. The molecule has 5 aliphatic rings. The van der Waals surface area contributed by atoms with Crippen LogP contribution in [0.1, 0.15) is 76.0 Å². The number of aromatic nitrogens is 3. The van der Waals surface area contributed by atoms with Crippen molar-refractivity contribution in [1.82, 2.24) is 25.2 Å². The lowest BCUT2D eigenvalue weighted by Gasteiger charge is -2.42. The third kappa shape index (κ3) is 5.32. The number of fused-ring (bicyclic) bond motifs is 3. The fourth-order valence-electron chi connectivity index (χ4n) is 8.81. The van der Waals surface area contributed by atoms with Crippen LogP contribution < -0.4 is 15.0 Å². The zero-order valence-corrected chi connectivity index (χ0v) is 28.3. The molecule has 9 heteroatoms. The largest absolute Gasteiger partial charge is 0.463 e. The van der Waals surface area contributed by atoms with Crippen LogP contribution in [0.5, 0.6) is 6.01 Å². The van der Waals surface area contributed by atoms with Crippen LogP contribution in [0.15, 0.2) is 30.3 Å². The van der Waals surface area contributed by atoms with Crippen molar-refractivity contribution in [3.63, 3.8) is 0 Å². The average molecular weight is 653 g/mol. The van der Waals surface area contributed by atoms with Gasteiger partial charge in [0.25, 0.3) is 0 Å². The van der Waals surface area contributed by atoms with Crippen molar-refractivity contribution in [2.24, 2.45) is 10.8 Å². The predicted octanol–water partition coefficient (Wildman–Crippen LogP) is 7.36. The summed E-state index contributed by atoms with van der Waals surface area (Å²) >= 11 is 0. The lowest BCUT2D eigenvalue weighted by Crippen LogP contribution is -2.57. The van der Waals surface area contributed by atoms with Gasteiger partial charge in [-0.15, -0.1) is 0 Å². The number of rotatable bonds is 7. The Hall–Kier alpha value is -3.43. The Morgan fingerprint density at radius 3 is 2.58 bits per heavy atom. The Kier molecular flexibility index (Phi) is 7.39. The first-order chi connectivity index (χ1) is 23.3. The maximum Gasteiger partial charge on any atom is 0.319 e. The van der Waals surface area contributed by atoms with E-state index in [1.54, 1.807) is 13.0 Å². The second-order valence-corrected chi connectivity index (χ2v) is 15.6. The van der Waals surface area contributed by atoms with Crippen molar-refractivity contribution in [3.8, 4) is 17.3 Å². The molecule has 2 saturated carbocycles. The second kappa shape index (κ2) is 11.6. The number of ether oxygens (including phenoxy) is 1.